The van der Waals surface area contributed by atoms with Gasteiger partial charge in [-0.1, -0.05) is 60.3 Å². The number of allylic oxidation sites excluding steroid dienone is 1. The molecule has 2 aromatic carbocycles. The van der Waals surface area contributed by atoms with Crippen LogP contribution >= 0.6 is 11.8 Å². The molecule has 1 atom stereocenters. The van der Waals surface area contributed by atoms with Gasteiger partial charge in [0.15, 0.2) is 5.16 Å². The molecule has 0 saturated carbocycles. The van der Waals surface area contributed by atoms with Crippen molar-refractivity contribution in [3.05, 3.63) is 83.2 Å². The Morgan fingerprint density at radius 3 is 2.52 bits per heavy atom. The van der Waals surface area contributed by atoms with Crippen LogP contribution in [-0.4, -0.2) is 34.5 Å². The highest BCUT2D eigenvalue weighted by molar-refractivity contribution is 8.00. The molecule has 1 heterocycles. The molecule has 0 unspecified atom stereocenters. The first-order valence-electron chi connectivity index (χ1n) is 8.56. The fourth-order valence-corrected chi connectivity index (χ4v) is 4.01. The van der Waals surface area contributed by atoms with Crippen molar-refractivity contribution in [3.63, 3.8) is 0 Å². The van der Waals surface area contributed by atoms with Crippen LogP contribution < -0.4 is 5.56 Å². The lowest BCUT2D eigenvalue weighted by Crippen LogP contribution is -2.28. The average molecular weight is 379 g/mol. The van der Waals surface area contributed by atoms with Gasteiger partial charge in [0.1, 0.15) is 5.25 Å². The monoisotopic (exact) mass is 379 g/mol. The maximum Gasteiger partial charge on any atom is 0.262 e. The summed E-state index contributed by atoms with van der Waals surface area (Å²) >= 11 is 1.29. The van der Waals surface area contributed by atoms with E-state index in [4.69, 9.17) is 0 Å². The molecule has 27 heavy (non-hydrogen) atoms. The van der Waals surface area contributed by atoms with Gasteiger partial charge in [-0.15, -0.1) is 6.58 Å². The lowest BCUT2D eigenvalue weighted by atomic mass is 10.1. The van der Waals surface area contributed by atoms with Crippen molar-refractivity contribution in [1.82, 2.24) is 14.5 Å². The van der Waals surface area contributed by atoms with Gasteiger partial charge in [-0.3, -0.25) is 14.2 Å². The van der Waals surface area contributed by atoms with E-state index in [0.717, 1.165) is 5.56 Å². The number of aromatic nitrogens is 2. The quantitative estimate of drug-likeness (QED) is 0.374. The summed E-state index contributed by atoms with van der Waals surface area (Å²) in [5, 5.41) is 0.562. The molecule has 0 radical (unpaired) electrons. The first-order chi connectivity index (χ1) is 13.0. The molecule has 138 valence electrons. The van der Waals surface area contributed by atoms with Crippen LogP contribution in [0.4, 0.5) is 0 Å². The van der Waals surface area contributed by atoms with Crippen molar-refractivity contribution >= 4 is 28.6 Å². The lowest BCUT2D eigenvalue weighted by Gasteiger charge is -2.21. The first-order valence-corrected chi connectivity index (χ1v) is 9.44. The summed E-state index contributed by atoms with van der Waals surface area (Å²) in [6.45, 7) is 4.08. The molecular weight excluding hydrogens is 358 g/mol. The molecule has 5 nitrogen and oxygen atoms in total. The maximum atomic E-state index is 12.9. The first kappa shape index (κ1) is 18.9. The van der Waals surface area contributed by atoms with E-state index in [1.165, 1.54) is 11.8 Å². The molecule has 0 saturated heterocycles. The number of thioether (sulfide) groups is 1. The number of fused-ring (bicyclic) bond motifs is 1. The minimum Gasteiger partial charge on any atom is -0.348 e. The summed E-state index contributed by atoms with van der Waals surface area (Å²) in [6.07, 6.45) is 1.66. The molecule has 0 bridgehead atoms. The number of rotatable bonds is 6. The Hall–Kier alpha value is -2.86. The lowest BCUT2D eigenvalue weighted by molar-refractivity contribution is -0.128. The average Bonchev–Trinajstić information content (AvgIpc) is 2.69. The van der Waals surface area contributed by atoms with Crippen LogP contribution in [-0.2, 0) is 11.3 Å². The van der Waals surface area contributed by atoms with E-state index in [0.29, 0.717) is 22.6 Å². The Balaban J connectivity index is 2.14. The van der Waals surface area contributed by atoms with E-state index < -0.39 is 5.25 Å². The van der Waals surface area contributed by atoms with Crippen LogP contribution in [0.15, 0.2) is 77.2 Å². The summed E-state index contributed by atoms with van der Waals surface area (Å²) in [7, 11) is 3.45. The van der Waals surface area contributed by atoms with Gasteiger partial charge < -0.3 is 4.90 Å². The minimum absolute atomic E-state index is 0.0567. The van der Waals surface area contributed by atoms with Gasteiger partial charge in [0, 0.05) is 20.6 Å². The van der Waals surface area contributed by atoms with Gasteiger partial charge in [-0.05, 0) is 17.7 Å². The summed E-state index contributed by atoms with van der Waals surface area (Å²) < 4.78 is 1.57. The van der Waals surface area contributed by atoms with Gasteiger partial charge in [0.2, 0.25) is 5.91 Å². The number of hydrogen-bond acceptors (Lipinski definition) is 4. The van der Waals surface area contributed by atoms with Crippen molar-refractivity contribution in [2.45, 2.75) is 17.0 Å². The second kappa shape index (κ2) is 8.22. The molecule has 0 N–H and O–H groups in total. The molecule has 1 aromatic heterocycles. The topological polar surface area (TPSA) is 55.2 Å². The molecule has 0 aliphatic heterocycles. The molecule has 0 spiro atoms. The van der Waals surface area contributed by atoms with Gasteiger partial charge in [0.25, 0.3) is 5.56 Å². The van der Waals surface area contributed by atoms with Crippen LogP contribution in [0, 0.1) is 0 Å². The zero-order chi connectivity index (χ0) is 19.4. The number of carbonyl (C=O) groups excluding carboxylic acids is 1. The highest BCUT2D eigenvalue weighted by Crippen LogP contribution is 2.35. The number of para-hydroxylation sites is 1. The fourth-order valence-electron chi connectivity index (χ4n) is 2.76. The highest BCUT2D eigenvalue weighted by Gasteiger charge is 2.26. The van der Waals surface area contributed by atoms with Gasteiger partial charge >= 0.3 is 0 Å². The van der Waals surface area contributed by atoms with E-state index in [1.807, 2.05) is 48.5 Å². The largest absolute Gasteiger partial charge is 0.348 e. The third-order valence-electron chi connectivity index (χ3n) is 4.13. The number of amides is 1. The Bertz CT molecular complexity index is 1030. The molecule has 3 aromatic rings. The Labute approximate surface area is 162 Å². The molecule has 0 fully saturated rings. The van der Waals surface area contributed by atoms with Crippen LogP contribution in [0.2, 0.25) is 0 Å². The second-order valence-electron chi connectivity index (χ2n) is 6.26. The van der Waals surface area contributed by atoms with Gasteiger partial charge in [-0.25, -0.2) is 4.98 Å². The smallest absolute Gasteiger partial charge is 0.262 e. The van der Waals surface area contributed by atoms with Crippen LogP contribution in [0.5, 0.6) is 0 Å². The van der Waals surface area contributed by atoms with E-state index >= 15 is 0 Å². The Morgan fingerprint density at radius 2 is 1.85 bits per heavy atom. The number of benzene rings is 2. The van der Waals surface area contributed by atoms with E-state index in [-0.39, 0.29) is 11.5 Å². The fraction of sp³-hybridized carbons (Fsp3) is 0.190. The maximum absolute atomic E-state index is 12.9. The van der Waals surface area contributed by atoms with Gasteiger partial charge in [-0.2, -0.15) is 0 Å². The minimum atomic E-state index is -0.495. The summed E-state index contributed by atoms with van der Waals surface area (Å²) in [4.78, 5) is 32.0. The van der Waals surface area contributed by atoms with Crippen molar-refractivity contribution in [1.29, 1.82) is 0 Å². The van der Waals surface area contributed by atoms with Crippen molar-refractivity contribution in [2.75, 3.05) is 14.1 Å². The molecule has 0 aliphatic rings. The van der Waals surface area contributed by atoms with E-state index in [9.17, 15) is 9.59 Å². The molecule has 6 heteroatoms. The second-order valence-corrected chi connectivity index (χ2v) is 7.33. The zero-order valence-electron chi connectivity index (χ0n) is 15.3. The van der Waals surface area contributed by atoms with Gasteiger partial charge in [0.05, 0.1) is 10.9 Å². The Morgan fingerprint density at radius 1 is 1.19 bits per heavy atom. The van der Waals surface area contributed by atoms with Crippen molar-refractivity contribution in [2.24, 2.45) is 0 Å². The molecule has 1 amide bonds. The van der Waals surface area contributed by atoms with E-state index in [2.05, 4.69) is 11.6 Å². The normalized spacial score (nSPS) is 11.9. The third kappa shape index (κ3) is 3.95. The standard InChI is InChI=1S/C21H21N3O2S/c1-4-14-24-19(25)16-12-8-9-13-17(16)22-21(24)27-18(20(26)23(2)3)15-10-6-5-7-11-15/h4-13,18H,1,14H2,2-3H3/t18-/m1/s1. The van der Waals surface area contributed by atoms with Crippen LogP contribution in [0.3, 0.4) is 0 Å². The predicted molar refractivity (Wildman–Crippen MR) is 110 cm³/mol. The summed E-state index contributed by atoms with van der Waals surface area (Å²) in [6, 6.07) is 16.8. The number of carbonyl (C=O) groups is 1. The molecule has 3 rings (SSSR count). The van der Waals surface area contributed by atoms with Crippen molar-refractivity contribution < 1.29 is 4.79 Å². The number of hydrogen-bond donors (Lipinski definition) is 0. The van der Waals surface area contributed by atoms with E-state index in [1.54, 1.807) is 35.7 Å². The number of likely N-dealkylation sites (N-methyl/N-ethyl adjacent to an activating group) is 1. The highest BCUT2D eigenvalue weighted by atomic mass is 32.2. The molecular formula is C21H21N3O2S. The van der Waals surface area contributed by atoms with Crippen molar-refractivity contribution in [3.8, 4) is 0 Å². The zero-order valence-corrected chi connectivity index (χ0v) is 16.1. The van der Waals surface area contributed by atoms with Crippen LogP contribution in [0.25, 0.3) is 10.9 Å². The summed E-state index contributed by atoms with van der Waals surface area (Å²) in [5.41, 5.74) is 1.36. The summed E-state index contributed by atoms with van der Waals surface area (Å²) in [5.74, 6) is -0.0567. The third-order valence-corrected chi connectivity index (χ3v) is 5.36. The van der Waals surface area contributed by atoms with Crippen LogP contribution in [0.1, 0.15) is 10.8 Å². The molecule has 0 aliphatic carbocycles. The Kier molecular flexibility index (Phi) is 5.76. The SMILES string of the molecule is C=CCn1c(S[C@@H](C(=O)N(C)C)c2ccccc2)nc2ccccc2c1=O. The number of nitrogens with zero attached hydrogens (tertiary/aromatic N) is 3. The predicted octanol–water partition coefficient (Wildman–Crippen LogP) is 3.50.